The summed E-state index contributed by atoms with van der Waals surface area (Å²) in [5, 5.41) is 23.5. The molecule has 0 heterocycles. The first kappa shape index (κ1) is 30.3. The number of aliphatic hydroxyl groups is 2. The normalized spacial score (nSPS) is 21.8. The summed E-state index contributed by atoms with van der Waals surface area (Å²) >= 11 is 2.03. The number of hydrogen-bond donors (Lipinski definition) is 3. The molecule has 2 aliphatic rings. The Bertz CT molecular complexity index is 1010. The number of methoxy groups -OCH3 is 2. The van der Waals surface area contributed by atoms with Gasteiger partial charge in [0.25, 0.3) is 0 Å². The Morgan fingerprint density at radius 2 is 1.95 bits per heavy atom. The monoisotopic (exact) mass is 644 g/mol. The van der Waals surface area contributed by atoms with E-state index in [4.69, 9.17) is 14.2 Å². The second kappa shape index (κ2) is 14.8. The summed E-state index contributed by atoms with van der Waals surface area (Å²) in [5.41, 5.74) is 0.769. The molecule has 2 amide bonds. The minimum Gasteiger partial charge on any atom is -0.493 e. The largest absolute Gasteiger partial charge is 0.493 e. The first-order valence-electron chi connectivity index (χ1n) is 12.9. The van der Waals surface area contributed by atoms with E-state index in [1.165, 1.54) is 14.2 Å². The van der Waals surface area contributed by atoms with E-state index in [0.29, 0.717) is 32.5 Å². The fourth-order valence-electron chi connectivity index (χ4n) is 5.14. The number of rotatable bonds is 12. The first-order valence-corrected chi connectivity index (χ1v) is 14.0. The van der Waals surface area contributed by atoms with Gasteiger partial charge in [-0.05, 0) is 53.6 Å². The number of nitrogens with one attached hydrogen (secondary N) is 1. The molecular weight excluding hydrogens is 607 g/mol. The summed E-state index contributed by atoms with van der Waals surface area (Å²) < 4.78 is 17.5. The van der Waals surface area contributed by atoms with Crippen molar-refractivity contribution >= 4 is 40.7 Å². The van der Waals surface area contributed by atoms with Crippen LogP contribution in [0.3, 0.4) is 0 Å². The van der Waals surface area contributed by atoms with Crippen LogP contribution in [0.25, 0.3) is 0 Å². The SMILES string of the molecule is COCCC(=O)N(C1CCCCC1)[C@@H]1CC(C(=O)NCCO)=C[C@H](Oc2c(I)cc(C=O)cc2OC)[C@H]1O. The molecule has 3 rings (SSSR count). The van der Waals surface area contributed by atoms with E-state index in [1.807, 2.05) is 22.6 Å². The van der Waals surface area contributed by atoms with Gasteiger partial charge in [-0.1, -0.05) is 19.3 Å². The number of benzene rings is 1. The summed E-state index contributed by atoms with van der Waals surface area (Å²) in [6.45, 7) is 0.114. The van der Waals surface area contributed by atoms with Crippen molar-refractivity contribution in [3.63, 3.8) is 0 Å². The molecule has 10 nitrogen and oxygen atoms in total. The number of ether oxygens (including phenoxy) is 3. The third-order valence-electron chi connectivity index (χ3n) is 6.99. The van der Waals surface area contributed by atoms with Crippen LogP contribution in [-0.2, 0) is 14.3 Å². The molecule has 3 N–H and O–H groups in total. The number of aliphatic hydroxyl groups excluding tert-OH is 2. The lowest BCUT2D eigenvalue weighted by Crippen LogP contribution is -2.58. The smallest absolute Gasteiger partial charge is 0.247 e. The van der Waals surface area contributed by atoms with E-state index in [0.717, 1.165) is 32.1 Å². The number of hydrogen-bond acceptors (Lipinski definition) is 8. The number of amides is 2. The highest BCUT2D eigenvalue weighted by Gasteiger charge is 2.43. The van der Waals surface area contributed by atoms with Crippen LogP contribution in [0, 0.1) is 3.57 Å². The van der Waals surface area contributed by atoms with Gasteiger partial charge in [-0.2, -0.15) is 0 Å². The maximum atomic E-state index is 13.5. The van der Waals surface area contributed by atoms with Crippen molar-refractivity contribution < 1.29 is 38.8 Å². The minimum absolute atomic E-state index is 0.0604. The van der Waals surface area contributed by atoms with E-state index < -0.39 is 24.2 Å². The van der Waals surface area contributed by atoms with Crippen LogP contribution in [0.1, 0.15) is 55.3 Å². The van der Waals surface area contributed by atoms with Crippen molar-refractivity contribution in [1.29, 1.82) is 0 Å². The van der Waals surface area contributed by atoms with Crippen LogP contribution in [-0.4, -0.2) is 91.5 Å². The zero-order valence-corrected chi connectivity index (χ0v) is 24.0. The molecular formula is C27H37IN2O8. The standard InChI is InChI=1S/C27H37IN2O8/c1-36-11-8-24(33)30(19-6-4-3-5-7-19)21-14-18(27(35)29-9-10-31)15-22(25(21)34)38-26-20(28)12-17(16-32)13-23(26)37-2/h12-13,15-16,19,21-22,25,31,34H,3-11,14H2,1-2H3,(H,29,35)/t21-,22+,25+/m1/s1. The van der Waals surface area contributed by atoms with E-state index in [-0.39, 0.29) is 44.5 Å². The van der Waals surface area contributed by atoms with Crippen molar-refractivity contribution in [2.75, 3.05) is 34.0 Å². The van der Waals surface area contributed by atoms with Crippen LogP contribution < -0.4 is 14.8 Å². The number of halogens is 1. The number of carbonyl (C=O) groups is 3. The fraction of sp³-hybridized carbons (Fsp3) is 0.593. The molecule has 0 unspecified atom stereocenters. The fourth-order valence-corrected chi connectivity index (χ4v) is 5.90. The van der Waals surface area contributed by atoms with Crippen LogP contribution in [0.4, 0.5) is 0 Å². The molecule has 1 aromatic rings. The van der Waals surface area contributed by atoms with Crippen molar-refractivity contribution in [1.82, 2.24) is 10.2 Å². The maximum absolute atomic E-state index is 13.5. The lowest BCUT2D eigenvalue weighted by molar-refractivity contribution is -0.144. The van der Waals surface area contributed by atoms with Crippen molar-refractivity contribution in [3.05, 3.63) is 32.9 Å². The Labute approximate surface area is 236 Å². The van der Waals surface area contributed by atoms with Crippen molar-refractivity contribution in [2.24, 2.45) is 0 Å². The van der Waals surface area contributed by atoms with Gasteiger partial charge < -0.3 is 34.6 Å². The van der Waals surface area contributed by atoms with Gasteiger partial charge in [0, 0.05) is 37.3 Å². The van der Waals surface area contributed by atoms with Crippen LogP contribution in [0.15, 0.2) is 23.8 Å². The zero-order chi connectivity index (χ0) is 27.7. The second-order valence-corrected chi connectivity index (χ2v) is 10.7. The van der Waals surface area contributed by atoms with E-state index in [1.54, 1.807) is 23.1 Å². The van der Waals surface area contributed by atoms with E-state index >= 15 is 0 Å². The molecule has 3 atom stereocenters. The second-order valence-electron chi connectivity index (χ2n) is 9.50. The van der Waals surface area contributed by atoms with E-state index in [2.05, 4.69) is 5.32 Å². The molecule has 0 spiro atoms. The highest BCUT2D eigenvalue weighted by molar-refractivity contribution is 14.1. The molecule has 1 aromatic carbocycles. The molecule has 0 bridgehead atoms. The van der Waals surface area contributed by atoms with Gasteiger partial charge >= 0.3 is 0 Å². The summed E-state index contributed by atoms with van der Waals surface area (Å²) in [6.07, 6.45) is 5.18. The Morgan fingerprint density at radius 1 is 1.21 bits per heavy atom. The molecule has 11 heteroatoms. The van der Waals surface area contributed by atoms with Gasteiger partial charge in [-0.3, -0.25) is 14.4 Å². The van der Waals surface area contributed by atoms with Crippen LogP contribution in [0.5, 0.6) is 11.5 Å². The molecule has 0 aliphatic heterocycles. The van der Waals surface area contributed by atoms with Crippen LogP contribution in [0.2, 0.25) is 0 Å². The topological polar surface area (TPSA) is 135 Å². The molecule has 210 valence electrons. The third kappa shape index (κ3) is 7.45. The maximum Gasteiger partial charge on any atom is 0.247 e. The summed E-state index contributed by atoms with van der Waals surface area (Å²) in [7, 11) is 2.99. The van der Waals surface area contributed by atoms with Crippen molar-refractivity contribution in [2.45, 2.75) is 69.2 Å². The van der Waals surface area contributed by atoms with E-state index in [9.17, 15) is 24.6 Å². The molecule has 2 aliphatic carbocycles. The van der Waals surface area contributed by atoms with Gasteiger partial charge in [0.15, 0.2) is 11.5 Å². The highest BCUT2D eigenvalue weighted by atomic mass is 127. The quantitative estimate of drug-likeness (QED) is 0.233. The lowest BCUT2D eigenvalue weighted by atomic mass is 9.85. The van der Waals surface area contributed by atoms with Crippen molar-refractivity contribution in [3.8, 4) is 11.5 Å². The average Bonchev–Trinajstić information content (AvgIpc) is 2.93. The summed E-state index contributed by atoms with van der Waals surface area (Å²) in [6, 6.07) is 2.41. The number of carbonyl (C=O) groups excluding carboxylic acids is 3. The Balaban J connectivity index is 2.01. The van der Waals surface area contributed by atoms with Gasteiger partial charge in [0.1, 0.15) is 18.5 Å². The molecule has 38 heavy (non-hydrogen) atoms. The third-order valence-corrected chi connectivity index (χ3v) is 7.79. The molecule has 0 saturated heterocycles. The predicted molar refractivity (Wildman–Crippen MR) is 148 cm³/mol. The highest BCUT2D eigenvalue weighted by Crippen LogP contribution is 2.38. The number of nitrogens with zero attached hydrogens (tertiary/aromatic N) is 1. The molecule has 0 aromatic heterocycles. The molecule has 1 saturated carbocycles. The number of aldehydes is 1. The average molecular weight is 645 g/mol. The van der Waals surface area contributed by atoms with Gasteiger partial charge in [0.2, 0.25) is 11.8 Å². The Morgan fingerprint density at radius 3 is 2.58 bits per heavy atom. The zero-order valence-electron chi connectivity index (χ0n) is 21.9. The Hall–Kier alpha value is -2.22. The summed E-state index contributed by atoms with van der Waals surface area (Å²) in [5.74, 6) is 0.106. The first-order chi connectivity index (χ1) is 18.3. The van der Waals surface area contributed by atoms with Gasteiger partial charge in [0.05, 0.1) is 36.4 Å². The lowest BCUT2D eigenvalue weighted by Gasteiger charge is -2.45. The Kier molecular flexibility index (Phi) is 11.8. The minimum atomic E-state index is -1.14. The van der Waals surface area contributed by atoms with Gasteiger partial charge in [-0.25, -0.2) is 0 Å². The van der Waals surface area contributed by atoms with Gasteiger partial charge in [-0.15, -0.1) is 0 Å². The van der Waals surface area contributed by atoms with Crippen LogP contribution >= 0.6 is 22.6 Å². The molecule has 0 radical (unpaired) electrons. The molecule has 1 fully saturated rings. The predicted octanol–water partition coefficient (Wildman–Crippen LogP) is 2.23. The summed E-state index contributed by atoms with van der Waals surface area (Å²) in [4.78, 5) is 39.6.